The van der Waals surface area contributed by atoms with Crippen molar-refractivity contribution in [1.82, 2.24) is 51.7 Å². The lowest BCUT2D eigenvalue weighted by Gasteiger charge is -2.26. The van der Waals surface area contributed by atoms with Crippen molar-refractivity contribution in [3.05, 3.63) is 180 Å². The number of hydrogen-bond donors (Lipinski definition) is 7. The van der Waals surface area contributed by atoms with E-state index in [4.69, 9.17) is 9.47 Å². The molecule has 10 rings (SSSR count). The predicted molar refractivity (Wildman–Crippen MR) is 309 cm³/mol. The summed E-state index contributed by atoms with van der Waals surface area (Å²) in [6.45, 7) is 1.52. The Kier molecular flexibility index (Phi) is 19.9. The summed E-state index contributed by atoms with van der Waals surface area (Å²) in [7, 11) is 0. The molecule has 4 aliphatic heterocycles. The number of nitrogens with one attached hydrogen (secondary N) is 6. The maximum Gasteiger partial charge on any atom is 0.310 e. The molecule has 0 aliphatic carbocycles. The summed E-state index contributed by atoms with van der Waals surface area (Å²) in [5, 5.41) is 29.2. The van der Waals surface area contributed by atoms with Crippen LogP contribution in [-0.2, 0) is 43.0 Å². The van der Waals surface area contributed by atoms with E-state index < -0.39 is 90.7 Å². The Bertz CT molecular complexity index is 3610. The number of rotatable bonds is 18. The van der Waals surface area contributed by atoms with Crippen LogP contribution in [0.5, 0.6) is 0 Å². The van der Waals surface area contributed by atoms with Crippen LogP contribution >= 0.6 is 0 Å². The Balaban J connectivity index is 0.000000206. The lowest BCUT2D eigenvalue weighted by atomic mass is 10.1. The fraction of sp³-hybridized carbons (Fsp3) is 0.290. The lowest BCUT2D eigenvalue weighted by Crippen LogP contribution is -2.52. The number of aliphatic hydroxyl groups is 1. The van der Waals surface area contributed by atoms with Gasteiger partial charge >= 0.3 is 11.9 Å². The zero-order valence-electron chi connectivity index (χ0n) is 46.6. The summed E-state index contributed by atoms with van der Waals surface area (Å²) >= 11 is 0. The molecule has 2 fully saturated rings. The van der Waals surface area contributed by atoms with Crippen LogP contribution in [0.15, 0.2) is 157 Å². The van der Waals surface area contributed by atoms with Crippen molar-refractivity contribution < 1.29 is 67.3 Å². The van der Waals surface area contributed by atoms with Gasteiger partial charge in [-0.3, -0.25) is 57.9 Å². The molecule has 6 heterocycles. The second-order valence-corrected chi connectivity index (χ2v) is 20.4. The van der Waals surface area contributed by atoms with Gasteiger partial charge in [-0.1, -0.05) is 97.1 Å². The predicted octanol–water partition coefficient (Wildman–Crippen LogP) is 2.39. The average Bonchev–Trinajstić information content (AvgIpc) is 2.59. The van der Waals surface area contributed by atoms with Crippen LogP contribution in [0.25, 0.3) is 21.5 Å². The molecule has 444 valence electrons. The molecular formula is C62H62N10O14. The molecule has 0 spiro atoms. The van der Waals surface area contributed by atoms with Gasteiger partial charge in [0.05, 0.1) is 25.9 Å². The number of amides is 8. The first-order valence-electron chi connectivity index (χ1n) is 27.8. The van der Waals surface area contributed by atoms with Crippen molar-refractivity contribution in [3.8, 4) is 0 Å². The highest BCUT2D eigenvalue weighted by Crippen LogP contribution is 2.22. The van der Waals surface area contributed by atoms with Gasteiger partial charge in [-0.2, -0.15) is 0 Å². The zero-order chi connectivity index (χ0) is 60.7. The van der Waals surface area contributed by atoms with E-state index in [0.29, 0.717) is 33.0 Å². The molecular weight excluding hydrogens is 1110 g/mol. The molecule has 6 atom stereocenters. The minimum absolute atomic E-state index is 0.00284. The first kappa shape index (κ1) is 60.4. The summed E-state index contributed by atoms with van der Waals surface area (Å²) < 4.78 is 15.2. The van der Waals surface area contributed by atoms with Crippen LogP contribution in [0.2, 0.25) is 0 Å². The van der Waals surface area contributed by atoms with E-state index in [1.54, 1.807) is 110 Å². The van der Waals surface area contributed by atoms with Crippen LogP contribution < -0.4 is 31.9 Å². The van der Waals surface area contributed by atoms with Gasteiger partial charge in [-0.15, -0.1) is 0 Å². The highest BCUT2D eigenvalue weighted by molar-refractivity contribution is 6.08. The van der Waals surface area contributed by atoms with E-state index in [-0.39, 0.29) is 88.2 Å². The summed E-state index contributed by atoms with van der Waals surface area (Å²) in [5.74, 6) is -4.95. The Morgan fingerprint density at radius 2 is 0.977 bits per heavy atom. The number of pyridine rings is 2. The maximum atomic E-state index is 13.8. The van der Waals surface area contributed by atoms with Gasteiger partial charge in [-0.05, 0) is 78.1 Å². The number of cyclic esters (lactones) is 2. The van der Waals surface area contributed by atoms with E-state index in [2.05, 4.69) is 46.6 Å². The van der Waals surface area contributed by atoms with Crippen LogP contribution in [-0.4, -0.2) is 167 Å². The Morgan fingerprint density at radius 3 is 1.43 bits per heavy atom. The molecule has 0 saturated carbocycles. The Labute approximate surface area is 492 Å². The smallest absolute Gasteiger partial charge is 0.310 e. The van der Waals surface area contributed by atoms with Crippen LogP contribution in [0.3, 0.4) is 0 Å². The van der Waals surface area contributed by atoms with Crippen molar-refractivity contribution in [2.75, 3.05) is 45.9 Å². The summed E-state index contributed by atoms with van der Waals surface area (Å²) in [4.78, 5) is 140. The number of nitrogens with zero attached hydrogens (tertiary/aromatic N) is 4. The molecule has 24 heteroatoms. The van der Waals surface area contributed by atoms with E-state index in [1.165, 1.54) is 22.2 Å². The third-order valence-corrected chi connectivity index (χ3v) is 14.3. The van der Waals surface area contributed by atoms with E-state index in [0.717, 1.165) is 10.8 Å². The Hall–Kier alpha value is -10.2. The quantitative estimate of drug-likeness (QED) is 0.0480. The molecule has 4 unspecified atom stereocenters. The number of carbonyl (C=O) groups excluding carboxylic acids is 10. The van der Waals surface area contributed by atoms with Gasteiger partial charge in [0.2, 0.25) is 36.2 Å². The second-order valence-electron chi connectivity index (χ2n) is 20.4. The number of hydrogen-bond acceptors (Lipinski definition) is 16. The molecule has 8 amide bonds. The number of aromatic nitrogens is 2. The minimum Gasteiger partial charge on any atom is -0.434 e. The van der Waals surface area contributed by atoms with Crippen LogP contribution in [0, 0.1) is 0 Å². The molecule has 7 N–H and O–H groups in total. The molecule has 2 saturated heterocycles. The first-order chi connectivity index (χ1) is 41.6. The molecule has 4 aromatic carbocycles. The van der Waals surface area contributed by atoms with Crippen molar-refractivity contribution >= 4 is 80.7 Å². The van der Waals surface area contributed by atoms with Gasteiger partial charge in [0, 0.05) is 67.1 Å². The normalized spacial score (nSPS) is 20.2. The van der Waals surface area contributed by atoms with Crippen molar-refractivity contribution in [3.63, 3.8) is 0 Å². The molecule has 0 radical (unpaired) electrons. The maximum absolute atomic E-state index is 13.8. The fourth-order valence-electron chi connectivity index (χ4n) is 10.1. The van der Waals surface area contributed by atoms with Crippen molar-refractivity contribution in [1.29, 1.82) is 0 Å². The highest BCUT2D eigenvalue weighted by atomic mass is 16.7. The number of fused-ring (bicyclic) bond motifs is 2. The summed E-state index contributed by atoms with van der Waals surface area (Å²) in [6.07, 6.45) is 4.20. The van der Waals surface area contributed by atoms with Gasteiger partial charge in [0.1, 0.15) is 35.6 Å². The first-order valence-corrected chi connectivity index (χ1v) is 27.8. The lowest BCUT2D eigenvalue weighted by molar-refractivity contribution is -0.164. The third-order valence-electron chi connectivity index (χ3n) is 14.3. The van der Waals surface area contributed by atoms with Gasteiger partial charge in [0.15, 0.2) is 0 Å². The molecule has 2 aromatic heterocycles. The number of carbonyl (C=O) groups is 10. The number of esters is 2. The molecule has 4 aliphatic rings. The van der Waals surface area contributed by atoms with Gasteiger partial charge < -0.3 is 61.0 Å². The van der Waals surface area contributed by atoms with Gasteiger partial charge in [0.25, 0.3) is 23.6 Å². The second kappa shape index (κ2) is 28.4. The Morgan fingerprint density at radius 1 is 0.547 bits per heavy atom. The highest BCUT2D eigenvalue weighted by Gasteiger charge is 2.39. The third kappa shape index (κ3) is 15.5. The zero-order valence-corrected chi connectivity index (χ0v) is 46.6. The average molecular weight is 1170 g/mol. The monoisotopic (exact) mass is 1170 g/mol. The standard InChI is InChI=1S/C32H33N5O7.C30H29N5O7/c1-2-43-32-25(16-27(39)44-32)35-26(38)19-37-18-20(17-34-29(40)22-9-4-3-5-10-22)12-13-24(31(37)42)36-30(41)28-23-11-7-6-8-21(23)14-15-33-28;36-24(33-23-14-25(37)42-30(23)41)17-35-16-18(15-32-27(38)20-7-2-1-3-8-20)10-11-22(29(35)40)34-28(39)26-21-9-5-4-6-19(21)12-13-31-26/h3-12,14-15,24-25,32H,2,13,16-19H2,1H3,(H,34,40)(H,35,38)(H,36,41);1-10,12-13,22-23,30,41H,11,14-17H2,(H,32,38)(H,33,36)(H,34,39)/t24-,25?,32?;22-,23?,30?/m00/s1. The molecule has 0 bridgehead atoms. The number of aliphatic hydroxyl groups excluding tert-OH is 1. The van der Waals surface area contributed by atoms with Crippen molar-refractivity contribution in [2.24, 2.45) is 0 Å². The summed E-state index contributed by atoms with van der Waals surface area (Å²) in [5.41, 5.74) is 2.63. The van der Waals surface area contributed by atoms with Crippen LogP contribution in [0.1, 0.15) is 74.3 Å². The van der Waals surface area contributed by atoms with Gasteiger partial charge in [-0.25, -0.2) is 0 Å². The molecule has 24 nitrogen and oxygen atoms in total. The summed E-state index contributed by atoms with van der Waals surface area (Å²) in [6, 6.07) is 31.8. The number of benzene rings is 4. The molecule has 6 aromatic rings. The topological polar surface area (TPSA) is 323 Å². The SMILES string of the molecule is CCOC1OC(=O)CC1NC(=O)CN1CC(CNC(=O)c2ccccc2)=CC[C@H](NC(=O)c2nccc3ccccc23)C1=O.O=C(CN1CC(CNC(=O)c2ccccc2)=CC[C@H](NC(=O)c2nccc3ccccc23)C1=O)NC1CC(=O)OC1O. The molecule has 86 heavy (non-hydrogen) atoms. The van der Waals surface area contributed by atoms with E-state index >= 15 is 0 Å². The minimum atomic E-state index is -1.48. The van der Waals surface area contributed by atoms with Crippen LogP contribution in [0.4, 0.5) is 0 Å². The van der Waals surface area contributed by atoms with E-state index in [1.807, 2.05) is 30.3 Å². The largest absolute Gasteiger partial charge is 0.434 e. The number of ether oxygens (including phenoxy) is 3. The fourth-order valence-corrected chi connectivity index (χ4v) is 10.1. The van der Waals surface area contributed by atoms with Crippen molar-refractivity contribution in [2.45, 2.75) is 69.4 Å². The van der Waals surface area contributed by atoms with E-state index in [9.17, 15) is 53.1 Å².